The Morgan fingerprint density at radius 2 is 1.29 bits per heavy atom. The smallest absolute Gasteiger partial charge is 0.414 e. The van der Waals surface area contributed by atoms with Crippen LogP contribution < -0.4 is 4.90 Å². The third-order valence-electron chi connectivity index (χ3n) is 6.24. The fourth-order valence-corrected chi connectivity index (χ4v) is 6.41. The van der Waals surface area contributed by atoms with E-state index in [0.717, 1.165) is 11.1 Å². The number of hydrogen-bond acceptors (Lipinski definition) is 5. The van der Waals surface area contributed by atoms with E-state index in [9.17, 15) is 9.59 Å². The highest BCUT2D eigenvalue weighted by Gasteiger charge is 2.59. The van der Waals surface area contributed by atoms with Gasteiger partial charge in [-0.05, 0) is 42.4 Å². The largest absolute Gasteiger partial charge is 0.468 e. The summed E-state index contributed by atoms with van der Waals surface area (Å²) in [6, 6.07) is 26.2. The third-order valence-corrected chi connectivity index (χ3v) is 7.18. The van der Waals surface area contributed by atoms with Crippen LogP contribution in [0.1, 0.15) is 22.6 Å². The van der Waals surface area contributed by atoms with Crippen molar-refractivity contribution in [3.8, 4) is 0 Å². The molecule has 3 aromatic rings. The Kier molecular flexibility index (Phi) is 6.83. The van der Waals surface area contributed by atoms with Crippen molar-refractivity contribution < 1.29 is 23.5 Å². The number of benzene rings is 3. The molecule has 0 fully saturated rings. The maximum atomic E-state index is 13.5. The molecule has 0 aliphatic carbocycles. The molecule has 0 saturated heterocycles. The maximum Gasteiger partial charge on any atom is 0.414 e. The Bertz CT molecular complexity index is 1110. The van der Waals surface area contributed by atoms with Gasteiger partial charge in [0.05, 0.1) is 25.9 Å². The number of anilines is 1. The SMILES string of the molecule is COC(=O)[C@@H]1c2ccccc2N(C(=O)OC)[C@@H]1C(O[Si](C)(C)C)(c1ccccc1)c1ccccc1. The molecule has 0 bridgehead atoms. The van der Waals surface area contributed by atoms with E-state index in [4.69, 9.17) is 13.9 Å². The normalized spacial score (nSPS) is 17.6. The second-order valence-corrected chi connectivity index (χ2v) is 14.0. The van der Waals surface area contributed by atoms with Gasteiger partial charge in [-0.3, -0.25) is 9.69 Å². The molecule has 35 heavy (non-hydrogen) atoms. The van der Waals surface area contributed by atoms with Crippen LogP contribution in [0.5, 0.6) is 0 Å². The predicted octanol–water partition coefficient (Wildman–Crippen LogP) is 5.69. The first kappa shape index (κ1) is 24.7. The number of carbonyl (C=O) groups excluding carboxylic acids is 2. The zero-order valence-electron chi connectivity index (χ0n) is 20.7. The van der Waals surface area contributed by atoms with Crippen LogP contribution in [-0.2, 0) is 24.3 Å². The van der Waals surface area contributed by atoms with E-state index < -0.39 is 37.9 Å². The Morgan fingerprint density at radius 1 is 0.771 bits per heavy atom. The number of methoxy groups -OCH3 is 2. The van der Waals surface area contributed by atoms with Crippen molar-refractivity contribution in [1.29, 1.82) is 0 Å². The second kappa shape index (κ2) is 9.68. The van der Waals surface area contributed by atoms with Gasteiger partial charge in [-0.25, -0.2) is 4.79 Å². The number of nitrogens with zero attached hydrogens (tertiary/aromatic N) is 1. The van der Waals surface area contributed by atoms with Gasteiger partial charge >= 0.3 is 12.1 Å². The monoisotopic (exact) mass is 489 g/mol. The molecular formula is C28H31NO5Si. The van der Waals surface area contributed by atoms with Crippen molar-refractivity contribution in [2.75, 3.05) is 19.1 Å². The van der Waals surface area contributed by atoms with E-state index in [-0.39, 0.29) is 0 Å². The van der Waals surface area contributed by atoms with Crippen molar-refractivity contribution in [1.82, 2.24) is 0 Å². The molecule has 7 heteroatoms. The third kappa shape index (κ3) is 4.37. The second-order valence-electron chi connectivity index (χ2n) is 9.53. The molecule has 4 rings (SSSR count). The molecule has 0 radical (unpaired) electrons. The van der Waals surface area contributed by atoms with Gasteiger partial charge in [0.1, 0.15) is 11.5 Å². The Balaban J connectivity index is 2.13. The summed E-state index contributed by atoms with van der Waals surface area (Å²) in [6.45, 7) is 6.31. The number of amides is 1. The van der Waals surface area contributed by atoms with Gasteiger partial charge in [0.2, 0.25) is 0 Å². The number of esters is 1. The molecule has 2 atom stereocenters. The minimum atomic E-state index is -2.31. The zero-order chi connectivity index (χ0) is 25.2. The maximum absolute atomic E-state index is 13.5. The van der Waals surface area contributed by atoms with Crippen molar-refractivity contribution in [3.63, 3.8) is 0 Å². The molecule has 0 unspecified atom stereocenters. The first-order chi connectivity index (χ1) is 16.7. The molecule has 0 spiro atoms. The first-order valence-electron chi connectivity index (χ1n) is 11.6. The van der Waals surface area contributed by atoms with Crippen molar-refractivity contribution in [3.05, 3.63) is 102 Å². The van der Waals surface area contributed by atoms with Crippen molar-refractivity contribution >= 4 is 26.1 Å². The average molecular weight is 490 g/mol. The lowest BCUT2D eigenvalue weighted by atomic mass is 9.74. The summed E-state index contributed by atoms with van der Waals surface area (Å²) in [7, 11) is 0.408. The molecule has 1 heterocycles. The van der Waals surface area contributed by atoms with Crippen molar-refractivity contribution in [2.45, 2.75) is 37.2 Å². The summed E-state index contributed by atoms with van der Waals surface area (Å²) in [5.41, 5.74) is 1.81. The fraction of sp³-hybridized carbons (Fsp3) is 0.286. The van der Waals surface area contributed by atoms with E-state index in [1.165, 1.54) is 14.2 Å². The minimum Gasteiger partial charge on any atom is -0.468 e. The Labute approximate surface area is 207 Å². The Morgan fingerprint density at radius 3 is 1.77 bits per heavy atom. The lowest BCUT2D eigenvalue weighted by Crippen LogP contribution is -2.59. The molecule has 1 aliphatic rings. The minimum absolute atomic E-state index is 0.440. The molecule has 6 nitrogen and oxygen atoms in total. The van der Waals surface area contributed by atoms with Gasteiger partial charge in [-0.2, -0.15) is 0 Å². The summed E-state index contributed by atoms with van der Waals surface area (Å²) in [4.78, 5) is 28.5. The molecule has 0 N–H and O–H groups in total. The van der Waals surface area contributed by atoms with E-state index >= 15 is 0 Å². The number of carbonyl (C=O) groups is 2. The van der Waals surface area contributed by atoms with Crippen LogP contribution in [-0.4, -0.2) is 40.6 Å². The molecule has 0 aromatic heterocycles. The number of rotatable bonds is 6. The lowest BCUT2D eigenvalue weighted by Gasteiger charge is -2.48. The average Bonchev–Trinajstić information content (AvgIpc) is 3.22. The molecule has 3 aromatic carbocycles. The van der Waals surface area contributed by atoms with Gasteiger partial charge in [-0.15, -0.1) is 0 Å². The highest BCUT2D eigenvalue weighted by atomic mass is 28.4. The summed E-state index contributed by atoms with van der Waals surface area (Å²) in [5.74, 6) is -1.24. The molecular weight excluding hydrogens is 458 g/mol. The van der Waals surface area contributed by atoms with Crippen LogP contribution in [0.3, 0.4) is 0 Å². The number of hydrogen-bond donors (Lipinski definition) is 0. The van der Waals surface area contributed by atoms with Gasteiger partial charge < -0.3 is 13.9 Å². The van der Waals surface area contributed by atoms with Crippen LogP contribution in [0.15, 0.2) is 84.9 Å². The van der Waals surface area contributed by atoms with Crippen LogP contribution in [0.25, 0.3) is 0 Å². The van der Waals surface area contributed by atoms with Gasteiger partial charge in [0.15, 0.2) is 8.32 Å². The Hall–Kier alpha value is -3.42. The van der Waals surface area contributed by atoms with E-state index in [0.29, 0.717) is 11.3 Å². The topological polar surface area (TPSA) is 65.1 Å². The van der Waals surface area contributed by atoms with Crippen LogP contribution >= 0.6 is 0 Å². The van der Waals surface area contributed by atoms with Crippen LogP contribution in [0.4, 0.5) is 10.5 Å². The lowest BCUT2D eigenvalue weighted by molar-refractivity contribution is -0.144. The highest BCUT2D eigenvalue weighted by Crippen LogP contribution is 2.53. The molecule has 1 amide bonds. The quantitative estimate of drug-likeness (QED) is 0.329. The first-order valence-corrected chi connectivity index (χ1v) is 15.0. The molecule has 0 saturated carbocycles. The fourth-order valence-electron chi connectivity index (χ4n) is 5.09. The highest BCUT2D eigenvalue weighted by molar-refractivity contribution is 6.69. The number of fused-ring (bicyclic) bond motifs is 1. The van der Waals surface area contributed by atoms with Crippen LogP contribution in [0.2, 0.25) is 19.6 Å². The van der Waals surface area contributed by atoms with Crippen molar-refractivity contribution in [2.24, 2.45) is 0 Å². The molecule has 1 aliphatic heterocycles. The summed E-state index contributed by atoms with van der Waals surface area (Å²) < 4.78 is 17.7. The number of para-hydroxylation sites is 1. The van der Waals surface area contributed by atoms with E-state index in [1.54, 1.807) is 4.90 Å². The zero-order valence-corrected chi connectivity index (χ0v) is 21.7. The van der Waals surface area contributed by atoms with E-state index in [1.807, 2.05) is 84.9 Å². The summed E-state index contributed by atoms with van der Waals surface area (Å²) in [6.07, 6.45) is -0.565. The molecule has 182 valence electrons. The van der Waals surface area contributed by atoms with Gasteiger partial charge in [0, 0.05) is 0 Å². The number of ether oxygens (including phenoxy) is 2. The van der Waals surface area contributed by atoms with Gasteiger partial charge in [0.25, 0.3) is 0 Å². The summed E-state index contributed by atoms with van der Waals surface area (Å²) in [5, 5.41) is 0. The van der Waals surface area contributed by atoms with E-state index in [2.05, 4.69) is 19.6 Å². The standard InChI is InChI=1S/C28H31NO5Si/c1-32-26(30)24-22-18-12-13-19-23(22)29(27(31)33-2)25(24)28(34-35(3,4)5,20-14-8-6-9-15-20)21-16-10-7-11-17-21/h6-19,24-25H,1-5H3/t24-,25+/m1/s1. The summed E-state index contributed by atoms with van der Waals surface area (Å²) >= 11 is 0. The van der Waals surface area contributed by atoms with Gasteiger partial charge in [-0.1, -0.05) is 78.9 Å². The van der Waals surface area contributed by atoms with Crippen LogP contribution in [0, 0.1) is 0 Å². The predicted molar refractivity (Wildman–Crippen MR) is 138 cm³/mol.